The molecule has 1 heterocycles. The maximum absolute atomic E-state index is 13.9. The number of aliphatic hydroxyl groups excluding tert-OH is 1. The van der Waals surface area contributed by atoms with Gasteiger partial charge in [0.15, 0.2) is 6.10 Å². The van der Waals surface area contributed by atoms with E-state index in [4.69, 9.17) is 4.74 Å². The molecule has 0 aromatic heterocycles. The van der Waals surface area contributed by atoms with Crippen LogP contribution in [0.5, 0.6) is 0 Å². The second-order valence-electron chi connectivity index (χ2n) is 11.9. The van der Waals surface area contributed by atoms with Crippen molar-refractivity contribution in [1.82, 2.24) is 20.9 Å². The summed E-state index contributed by atoms with van der Waals surface area (Å²) >= 11 is 1.45. The van der Waals surface area contributed by atoms with E-state index in [2.05, 4.69) is 16.0 Å². The Kier molecular flexibility index (Phi) is 12.8. The molecule has 1 fully saturated rings. The molecule has 4 atom stereocenters. The molecular formula is C33H46N4O6S. The lowest BCUT2D eigenvalue weighted by molar-refractivity contribution is -0.148. The fraction of sp³-hybridized carbons (Fsp3) is 0.515. The van der Waals surface area contributed by atoms with E-state index < -0.39 is 46.7 Å². The number of aryl methyl sites for hydroxylation is 1. The van der Waals surface area contributed by atoms with Crippen LogP contribution >= 0.6 is 11.8 Å². The van der Waals surface area contributed by atoms with Gasteiger partial charge in [-0.1, -0.05) is 68.4 Å². The van der Waals surface area contributed by atoms with Gasteiger partial charge in [0, 0.05) is 17.9 Å². The fourth-order valence-electron chi connectivity index (χ4n) is 5.17. The highest BCUT2D eigenvalue weighted by molar-refractivity contribution is 8.00. The van der Waals surface area contributed by atoms with Crippen LogP contribution in [0.4, 0.5) is 0 Å². The maximum Gasteiger partial charge on any atom is 0.254 e. The van der Waals surface area contributed by atoms with E-state index in [-0.39, 0.29) is 30.7 Å². The van der Waals surface area contributed by atoms with Gasteiger partial charge in [0.05, 0.1) is 11.9 Å². The molecule has 1 aliphatic rings. The summed E-state index contributed by atoms with van der Waals surface area (Å²) in [6.07, 6.45) is -1.49. The van der Waals surface area contributed by atoms with E-state index in [1.165, 1.54) is 16.7 Å². The Balaban J connectivity index is 1.82. The third kappa shape index (κ3) is 9.30. The average Bonchev–Trinajstić information content (AvgIpc) is 3.32. The van der Waals surface area contributed by atoms with Crippen molar-refractivity contribution in [3.63, 3.8) is 0 Å². The topological polar surface area (TPSA) is 137 Å². The zero-order valence-electron chi connectivity index (χ0n) is 26.5. The predicted molar refractivity (Wildman–Crippen MR) is 172 cm³/mol. The van der Waals surface area contributed by atoms with Gasteiger partial charge >= 0.3 is 0 Å². The first-order valence-electron chi connectivity index (χ1n) is 15.0. The van der Waals surface area contributed by atoms with Crippen LogP contribution in [-0.4, -0.2) is 81.7 Å². The Morgan fingerprint density at radius 2 is 1.70 bits per heavy atom. The van der Waals surface area contributed by atoms with E-state index in [1.807, 2.05) is 75.4 Å². The lowest BCUT2D eigenvalue weighted by Gasteiger charge is -2.34. The molecule has 4 N–H and O–H groups in total. The highest BCUT2D eigenvalue weighted by atomic mass is 32.2. The molecule has 3 rings (SSSR count). The molecule has 0 unspecified atom stereocenters. The largest absolute Gasteiger partial charge is 0.381 e. The lowest BCUT2D eigenvalue weighted by atomic mass is 9.96. The molecular weight excluding hydrogens is 580 g/mol. The summed E-state index contributed by atoms with van der Waals surface area (Å²) < 4.78 is 4.55. The van der Waals surface area contributed by atoms with Gasteiger partial charge in [-0.05, 0) is 56.7 Å². The maximum atomic E-state index is 13.9. The first-order chi connectivity index (χ1) is 20.9. The number of thioether (sulfide) groups is 1. The minimum absolute atomic E-state index is 0.158. The molecule has 2 aromatic carbocycles. The molecule has 0 bridgehead atoms. The third-order valence-electron chi connectivity index (χ3n) is 7.75. The van der Waals surface area contributed by atoms with Crippen LogP contribution in [0.1, 0.15) is 51.3 Å². The average molecular weight is 627 g/mol. The Labute approximate surface area is 264 Å². The molecule has 2 aromatic rings. The van der Waals surface area contributed by atoms with Crippen LogP contribution in [0, 0.1) is 12.8 Å². The van der Waals surface area contributed by atoms with Crippen molar-refractivity contribution in [3.05, 3.63) is 71.3 Å². The van der Waals surface area contributed by atoms with Crippen molar-refractivity contribution in [2.45, 2.75) is 83.5 Å². The quantitative estimate of drug-likeness (QED) is 0.253. The molecule has 10 nitrogen and oxygen atoms in total. The summed E-state index contributed by atoms with van der Waals surface area (Å²) in [5.74, 6) is -2.00. The summed E-state index contributed by atoms with van der Waals surface area (Å²) in [6, 6.07) is 14.2. The van der Waals surface area contributed by atoms with Crippen molar-refractivity contribution >= 4 is 35.4 Å². The highest BCUT2D eigenvalue weighted by Gasteiger charge is 2.50. The van der Waals surface area contributed by atoms with Gasteiger partial charge in [0.25, 0.3) is 5.91 Å². The van der Waals surface area contributed by atoms with Crippen LogP contribution in [0.3, 0.4) is 0 Å². The summed E-state index contributed by atoms with van der Waals surface area (Å²) in [5.41, 5.74) is 2.82. The predicted octanol–water partition coefficient (Wildman–Crippen LogP) is 2.56. The van der Waals surface area contributed by atoms with E-state index in [0.29, 0.717) is 13.2 Å². The first kappa shape index (κ1) is 35.1. The number of rotatable bonds is 14. The Morgan fingerprint density at radius 3 is 2.34 bits per heavy atom. The molecule has 4 amide bonds. The molecule has 1 aliphatic heterocycles. The number of carbonyl (C=O) groups is 4. The molecule has 0 aliphatic carbocycles. The first-order valence-corrected chi connectivity index (χ1v) is 16.0. The SMILES string of the molecule is CCOCC(=O)N[C@H](C(=O)N[C@@H](Cc1ccccc1)[C@H](O)C(=O)N1CSC(C)(C)[C@H]1C(=O)NCc1ccccc1C)C(C)C. The van der Waals surface area contributed by atoms with Crippen LogP contribution < -0.4 is 16.0 Å². The molecule has 44 heavy (non-hydrogen) atoms. The summed E-state index contributed by atoms with van der Waals surface area (Å²) in [5, 5.41) is 20.0. The second-order valence-corrected chi connectivity index (χ2v) is 13.5. The second kappa shape index (κ2) is 16.1. The normalized spacial score (nSPS) is 17.9. The Bertz CT molecular complexity index is 1290. The molecule has 1 saturated heterocycles. The van der Waals surface area contributed by atoms with Crippen molar-refractivity contribution in [2.75, 3.05) is 19.1 Å². The van der Waals surface area contributed by atoms with Crippen LogP contribution in [0.25, 0.3) is 0 Å². The lowest BCUT2D eigenvalue weighted by Crippen LogP contribution is -2.60. The number of hydrogen-bond donors (Lipinski definition) is 4. The number of amides is 4. The number of benzene rings is 2. The fourth-order valence-corrected chi connectivity index (χ4v) is 6.31. The van der Waals surface area contributed by atoms with Crippen LogP contribution in [0.2, 0.25) is 0 Å². The van der Waals surface area contributed by atoms with Gasteiger partial charge in [-0.15, -0.1) is 11.8 Å². The summed E-state index contributed by atoms with van der Waals surface area (Å²) in [6.45, 7) is 11.6. The van der Waals surface area contributed by atoms with E-state index in [1.54, 1.807) is 20.8 Å². The Hall–Kier alpha value is -3.41. The standard InChI is InChI=1S/C33H46N4O6S/c1-7-43-19-26(38)36-27(21(2)3)30(40)35-25(17-23-14-9-8-10-15-23)28(39)32(42)37-20-44-33(5,6)29(37)31(41)34-18-24-16-12-11-13-22(24)4/h8-16,21,25,27-29,39H,7,17-20H2,1-6H3,(H,34,41)(H,35,40)(H,36,38)/t25-,27-,28-,29+/m0/s1. The minimum atomic E-state index is -1.65. The minimum Gasteiger partial charge on any atom is -0.381 e. The van der Waals surface area contributed by atoms with Gasteiger partial charge in [-0.25, -0.2) is 0 Å². The van der Waals surface area contributed by atoms with Crippen molar-refractivity contribution in [1.29, 1.82) is 0 Å². The number of carbonyl (C=O) groups excluding carboxylic acids is 4. The van der Waals surface area contributed by atoms with Gasteiger partial charge in [-0.2, -0.15) is 0 Å². The molecule has 0 radical (unpaired) electrons. The van der Waals surface area contributed by atoms with E-state index in [9.17, 15) is 24.3 Å². The van der Waals surface area contributed by atoms with Gasteiger partial charge < -0.3 is 30.7 Å². The number of nitrogens with zero attached hydrogens (tertiary/aromatic N) is 1. The van der Waals surface area contributed by atoms with E-state index >= 15 is 0 Å². The summed E-state index contributed by atoms with van der Waals surface area (Å²) in [4.78, 5) is 54.7. The summed E-state index contributed by atoms with van der Waals surface area (Å²) in [7, 11) is 0. The monoisotopic (exact) mass is 626 g/mol. The van der Waals surface area contributed by atoms with Crippen molar-refractivity contribution in [3.8, 4) is 0 Å². The zero-order chi connectivity index (χ0) is 32.4. The molecule has 0 saturated carbocycles. The van der Waals surface area contributed by atoms with Gasteiger partial charge in [0.2, 0.25) is 17.7 Å². The number of ether oxygens (including phenoxy) is 1. The number of aliphatic hydroxyl groups is 1. The smallest absolute Gasteiger partial charge is 0.254 e. The number of hydrogen-bond acceptors (Lipinski definition) is 7. The molecule has 11 heteroatoms. The van der Waals surface area contributed by atoms with Crippen molar-refractivity contribution in [2.24, 2.45) is 5.92 Å². The third-order valence-corrected chi connectivity index (χ3v) is 9.13. The number of nitrogens with one attached hydrogen (secondary N) is 3. The van der Waals surface area contributed by atoms with Gasteiger partial charge in [-0.3, -0.25) is 19.2 Å². The van der Waals surface area contributed by atoms with Gasteiger partial charge in [0.1, 0.15) is 18.7 Å². The molecule has 0 spiro atoms. The van der Waals surface area contributed by atoms with Crippen LogP contribution in [0.15, 0.2) is 54.6 Å². The Morgan fingerprint density at radius 1 is 1.05 bits per heavy atom. The molecule has 240 valence electrons. The zero-order valence-corrected chi connectivity index (χ0v) is 27.3. The van der Waals surface area contributed by atoms with Crippen molar-refractivity contribution < 1.29 is 29.0 Å². The highest BCUT2D eigenvalue weighted by Crippen LogP contribution is 2.40. The van der Waals surface area contributed by atoms with Crippen LogP contribution in [-0.2, 0) is 36.9 Å². The van der Waals surface area contributed by atoms with E-state index in [0.717, 1.165) is 16.7 Å².